The number of nitrogens with zero attached hydrogens (tertiary/aromatic N) is 1. The molecule has 2 heterocycles. The maximum Gasteiger partial charge on any atom is 0.267 e. The summed E-state index contributed by atoms with van der Waals surface area (Å²) in [6, 6.07) is 8.61. The lowest BCUT2D eigenvalue weighted by Crippen LogP contribution is -2.46. The molecule has 0 aliphatic carbocycles. The van der Waals surface area contributed by atoms with Gasteiger partial charge in [0, 0.05) is 18.2 Å². The lowest BCUT2D eigenvalue weighted by Gasteiger charge is -2.20. The highest BCUT2D eigenvalue weighted by Crippen LogP contribution is 2.36. The zero-order chi connectivity index (χ0) is 20.4. The van der Waals surface area contributed by atoms with Crippen molar-refractivity contribution >= 4 is 34.4 Å². The standard InChI is InChI=1S/C20H18F2N4O2S/c1-29-26-11-8-9-13(20(27)24-23-10-11)19-18-12(4-2-7-16(18)28-25-19)17-14(21)5-3-6-15(17)22/h2-7,9,11,23,26H,8,10H2,1H3,(H,24,27)/b13-9-. The second-order valence-electron chi connectivity index (χ2n) is 6.51. The predicted molar refractivity (Wildman–Crippen MR) is 109 cm³/mol. The van der Waals surface area contributed by atoms with Crippen LogP contribution in [0.4, 0.5) is 8.78 Å². The van der Waals surface area contributed by atoms with Crippen LogP contribution in [0.25, 0.3) is 27.7 Å². The molecule has 0 bridgehead atoms. The number of nitrogens with one attached hydrogen (secondary N) is 3. The van der Waals surface area contributed by atoms with Gasteiger partial charge >= 0.3 is 0 Å². The number of hydrazine groups is 1. The van der Waals surface area contributed by atoms with Crippen LogP contribution in [0.2, 0.25) is 0 Å². The second-order valence-corrected chi connectivity index (χ2v) is 7.16. The molecule has 9 heteroatoms. The molecule has 29 heavy (non-hydrogen) atoms. The lowest BCUT2D eigenvalue weighted by molar-refractivity contribution is -0.116. The van der Waals surface area contributed by atoms with Crippen LogP contribution in [-0.2, 0) is 4.79 Å². The fourth-order valence-electron chi connectivity index (χ4n) is 3.36. The van der Waals surface area contributed by atoms with Crippen LogP contribution >= 0.6 is 11.9 Å². The van der Waals surface area contributed by atoms with E-state index in [0.29, 0.717) is 23.9 Å². The number of amides is 1. The van der Waals surface area contributed by atoms with Crippen molar-refractivity contribution in [3.63, 3.8) is 0 Å². The minimum absolute atomic E-state index is 0.0715. The van der Waals surface area contributed by atoms with Gasteiger partial charge in [0.25, 0.3) is 5.91 Å². The van der Waals surface area contributed by atoms with Crippen LogP contribution in [0.1, 0.15) is 12.1 Å². The number of rotatable bonds is 4. The lowest BCUT2D eigenvalue weighted by atomic mass is 9.96. The smallest absolute Gasteiger partial charge is 0.267 e. The number of hydrogen-bond donors (Lipinski definition) is 3. The van der Waals surface area contributed by atoms with E-state index in [1.807, 2.05) is 6.26 Å². The minimum atomic E-state index is -0.702. The third kappa shape index (κ3) is 3.76. The van der Waals surface area contributed by atoms with Crippen molar-refractivity contribution in [2.45, 2.75) is 12.5 Å². The van der Waals surface area contributed by atoms with Crippen LogP contribution in [0.3, 0.4) is 0 Å². The Hall–Kier alpha value is -2.75. The SMILES string of the molecule is CSNC1C/C=C(/c2noc3cccc(-c4c(F)cccc4F)c23)C(=O)NNC1. The topological polar surface area (TPSA) is 79.2 Å². The monoisotopic (exact) mass is 416 g/mol. The molecule has 0 radical (unpaired) electrons. The zero-order valence-electron chi connectivity index (χ0n) is 15.5. The average Bonchev–Trinajstić information content (AvgIpc) is 3.11. The number of aromatic nitrogens is 1. The normalized spacial score (nSPS) is 19.3. The molecule has 1 aliphatic heterocycles. The van der Waals surface area contributed by atoms with Crippen LogP contribution in [0.5, 0.6) is 0 Å². The highest BCUT2D eigenvalue weighted by atomic mass is 32.2. The largest absolute Gasteiger partial charge is 0.356 e. The first-order valence-electron chi connectivity index (χ1n) is 8.95. The highest BCUT2D eigenvalue weighted by Gasteiger charge is 2.25. The molecular formula is C20H18F2N4O2S. The molecule has 1 atom stereocenters. The first-order chi connectivity index (χ1) is 14.1. The van der Waals surface area contributed by atoms with Crippen LogP contribution in [-0.4, -0.2) is 29.9 Å². The molecule has 0 saturated carbocycles. The van der Waals surface area contributed by atoms with Gasteiger partial charge in [0.15, 0.2) is 5.58 Å². The summed E-state index contributed by atoms with van der Waals surface area (Å²) in [7, 11) is 0. The van der Waals surface area contributed by atoms with Crippen LogP contribution in [0, 0.1) is 11.6 Å². The fraction of sp³-hybridized carbons (Fsp3) is 0.200. The Kier molecular flexibility index (Phi) is 5.61. The van der Waals surface area contributed by atoms with Crippen molar-refractivity contribution in [2.75, 3.05) is 12.8 Å². The van der Waals surface area contributed by atoms with E-state index in [2.05, 4.69) is 20.7 Å². The van der Waals surface area contributed by atoms with E-state index in [9.17, 15) is 13.6 Å². The predicted octanol–water partition coefficient (Wildman–Crippen LogP) is 3.42. The minimum Gasteiger partial charge on any atom is -0.356 e. The summed E-state index contributed by atoms with van der Waals surface area (Å²) in [5.41, 5.74) is 6.44. The Balaban J connectivity index is 1.89. The molecule has 2 aromatic carbocycles. The number of fused-ring (bicyclic) bond motifs is 1. The third-order valence-corrected chi connectivity index (χ3v) is 5.24. The van der Waals surface area contributed by atoms with Gasteiger partial charge in [0.05, 0.1) is 16.5 Å². The summed E-state index contributed by atoms with van der Waals surface area (Å²) >= 11 is 1.48. The van der Waals surface area contributed by atoms with Crippen molar-refractivity contribution in [1.29, 1.82) is 0 Å². The number of halogens is 2. The van der Waals surface area contributed by atoms with Crippen molar-refractivity contribution < 1.29 is 18.1 Å². The Morgan fingerprint density at radius 2 is 1.97 bits per heavy atom. The Morgan fingerprint density at radius 1 is 1.21 bits per heavy atom. The molecule has 0 saturated heterocycles. The molecule has 1 aromatic heterocycles. The van der Waals surface area contributed by atoms with Crippen molar-refractivity contribution in [2.24, 2.45) is 0 Å². The van der Waals surface area contributed by atoms with Gasteiger partial charge < -0.3 is 4.52 Å². The summed E-state index contributed by atoms with van der Waals surface area (Å²) in [5, 5.41) is 4.44. The molecule has 6 nitrogen and oxygen atoms in total. The Labute approximate surface area is 169 Å². The van der Waals surface area contributed by atoms with E-state index in [1.165, 1.54) is 30.1 Å². The summed E-state index contributed by atoms with van der Waals surface area (Å²) in [5.74, 6) is -1.80. The molecule has 4 rings (SSSR count). The van der Waals surface area contributed by atoms with Gasteiger partial charge in [0.2, 0.25) is 0 Å². The summed E-state index contributed by atoms with van der Waals surface area (Å²) < 4.78 is 37.6. The molecule has 0 spiro atoms. The second kappa shape index (κ2) is 8.32. The molecule has 150 valence electrons. The van der Waals surface area contributed by atoms with Gasteiger partial charge in [-0.2, -0.15) is 0 Å². The van der Waals surface area contributed by atoms with E-state index >= 15 is 0 Å². The number of hydrogen-bond acceptors (Lipinski definition) is 6. The van der Waals surface area contributed by atoms with Gasteiger partial charge in [-0.25, -0.2) is 14.2 Å². The van der Waals surface area contributed by atoms with Crippen molar-refractivity contribution in [1.82, 2.24) is 20.7 Å². The van der Waals surface area contributed by atoms with Gasteiger partial charge in [-0.15, -0.1) is 0 Å². The zero-order valence-corrected chi connectivity index (χ0v) is 16.3. The van der Waals surface area contributed by atoms with Crippen LogP contribution < -0.4 is 15.6 Å². The van der Waals surface area contributed by atoms with E-state index in [1.54, 1.807) is 24.3 Å². The third-order valence-electron chi connectivity index (χ3n) is 4.67. The summed E-state index contributed by atoms with van der Waals surface area (Å²) in [4.78, 5) is 12.7. The van der Waals surface area contributed by atoms with E-state index < -0.39 is 17.5 Å². The molecule has 1 aliphatic rings. The molecule has 1 unspecified atom stereocenters. The molecular weight excluding hydrogens is 398 g/mol. The number of carbonyl (C=O) groups excluding carboxylic acids is 1. The average molecular weight is 416 g/mol. The first kappa shape index (κ1) is 19.6. The summed E-state index contributed by atoms with van der Waals surface area (Å²) in [6.45, 7) is 0.543. The van der Waals surface area contributed by atoms with Crippen molar-refractivity contribution in [3.05, 3.63) is 59.8 Å². The summed E-state index contributed by atoms with van der Waals surface area (Å²) in [6.07, 6.45) is 4.24. The van der Waals surface area contributed by atoms with Gasteiger partial charge in [0.1, 0.15) is 17.3 Å². The van der Waals surface area contributed by atoms with E-state index in [4.69, 9.17) is 4.52 Å². The van der Waals surface area contributed by atoms with Gasteiger partial charge in [-0.1, -0.05) is 41.4 Å². The number of carbonyl (C=O) groups is 1. The fourth-order valence-corrected chi connectivity index (χ4v) is 3.87. The quantitative estimate of drug-likeness (QED) is 0.566. The van der Waals surface area contributed by atoms with Gasteiger partial charge in [-0.05, 0) is 30.9 Å². The molecule has 0 fully saturated rings. The van der Waals surface area contributed by atoms with E-state index in [0.717, 1.165) is 0 Å². The Bertz CT molecular complexity index is 1080. The molecule has 3 N–H and O–H groups in total. The molecule has 1 amide bonds. The van der Waals surface area contributed by atoms with Crippen LogP contribution in [0.15, 0.2) is 47.0 Å². The number of benzene rings is 2. The van der Waals surface area contributed by atoms with Gasteiger partial charge in [-0.3, -0.25) is 14.9 Å². The van der Waals surface area contributed by atoms with E-state index in [-0.39, 0.29) is 28.4 Å². The molecule has 3 aromatic rings. The maximum absolute atomic E-state index is 14.5. The maximum atomic E-state index is 14.5. The van der Waals surface area contributed by atoms with Crippen molar-refractivity contribution in [3.8, 4) is 11.1 Å². The Morgan fingerprint density at radius 3 is 2.72 bits per heavy atom. The first-order valence-corrected chi connectivity index (χ1v) is 10.2. The highest BCUT2D eigenvalue weighted by molar-refractivity contribution is 7.96.